The Kier molecular flexibility index (Phi) is 3.06. The van der Waals surface area contributed by atoms with E-state index in [0.29, 0.717) is 6.42 Å². The molecule has 3 N–H and O–H groups in total. The molecule has 14 heavy (non-hydrogen) atoms. The lowest BCUT2D eigenvalue weighted by Gasteiger charge is -2.15. The average molecular weight is 201 g/mol. The van der Waals surface area contributed by atoms with Crippen LogP contribution in [-0.4, -0.2) is 5.11 Å². The summed E-state index contributed by atoms with van der Waals surface area (Å²) in [5.41, 5.74) is 5.84. The van der Waals surface area contributed by atoms with Gasteiger partial charge in [-0.2, -0.15) is 0 Å². The third-order valence-corrected chi connectivity index (χ3v) is 2.30. The molecule has 0 fully saturated rings. The highest BCUT2D eigenvalue weighted by Crippen LogP contribution is 2.29. The van der Waals surface area contributed by atoms with E-state index in [-0.39, 0.29) is 11.1 Å². The van der Waals surface area contributed by atoms with Gasteiger partial charge < -0.3 is 10.8 Å². The molecule has 0 aromatic heterocycles. The molecule has 1 rings (SSSR count). The average Bonchev–Trinajstić information content (AvgIpc) is 2.15. The van der Waals surface area contributed by atoms with Gasteiger partial charge in [-0.15, -0.1) is 0 Å². The minimum Gasteiger partial charge on any atom is -0.505 e. The van der Waals surface area contributed by atoms with Gasteiger partial charge in [-0.1, -0.05) is 6.92 Å². The second-order valence-corrected chi connectivity index (χ2v) is 3.24. The van der Waals surface area contributed by atoms with Crippen molar-refractivity contribution in [1.29, 1.82) is 0 Å². The molecule has 1 unspecified atom stereocenters. The van der Waals surface area contributed by atoms with Gasteiger partial charge >= 0.3 is 0 Å². The topological polar surface area (TPSA) is 46.2 Å². The molecule has 4 heteroatoms. The summed E-state index contributed by atoms with van der Waals surface area (Å²) < 4.78 is 26.5. The predicted molar refractivity (Wildman–Crippen MR) is 50.0 cm³/mol. The Morgan fingerprint density at radius 3 is 2.57 bits per heavy atom. The summed E-state index contributed by atoms with van der Waals surface area (Å²) in [7, 11) is 0. The minimum atomic E-state index is -0.821. The molecule has 0 radical (unpaired) electrons. The van der Waals surface area contributed by atoms with Crippen molar-refractivity contribution in [1.82, 2.24) is 0 Å². The molecule has 0 spiro atoms. The highest BCUT2D eigenvalue weighted by molar-refractivity contribution is 5.39. The monoisotopic (exact) mass is 201 g/mol. The van der Waals surface area contributed by atoms with Gasteiger partial charge in [-0.05, 0) is 18.9 Å². The zero-order valence-corrected chi connectivity index (χ0v) is 8.14. The maximum atomic E-state index is 13.4. The first-order valence-corrected chi connectivity index (χ1v) is 4.42. The second kappa shape index (κ2) is 3.92. The van der Waals surface area contributed by atoms with Crippen LogP contribution in [-0.2, 0) is 0 Å². The van der Waals surface area contributed by atoms with Gasteiger partial charge in [-0.3, -0.25) is 0 Å². The number of halogens is 2. The predicted octanol–water partition coefficient (Wildman–Crippen LogP) is 2.39. The van der Waals surface area contributed by atoms with Crippen molar-refractivity contribution in [2.24, 2.45) is 5.73 Å². The van der Waals surface area contributed by atoms with Crippen LogP contribution in [0.1, 0.15) is 30.5 Å². The Morgan fingerprint density at radius 2 is 2.07 bits per heavy atom. The molecule has 0 bridgehead atoms. The fourth-order valence-electron chi connectivity index (χ4n) is 1.37. The van der Waals surface area contributed by atoms with Crippen LogP contribution in [0, 0.1) is 18.6 Å². The number of hydrogen-bond acceptors (Lipinski definition) is 2. The number of phenols is 1. The first-order valence-electron chi connectivity index (χ1n) is 4.42. The Labute approximate surface area is 81.4 Å². The maximum absolute atomic E-state index is 13.4. The quantitative estimate of drug-likeness (QED) is 0.771. The molecule has 1 aromatic carbocycles. The number of phenolic OH excluding ortho intramolecular Hbond substituents is 1. The van der Waals surface area contributed by atoms with Crippen LogP contribution < -0.4 is 5.73 Å². The molecular formula is C10H13F2NO. The lowest BCUT2D eigenvalue weighted by atomic mass is 9.98. The minimum absolute atomic E-state index is 0.0602. The van der Waals surface area contributed by atoms with Crippen molar-refractivity contribution in [2.75, 3.05) is 0 Å². The van der Waals surface area contributed by atoms with E-state index in [1.165, 1.54) is 6.92 Å². The van der Waals surface area contributed by atoms with Gasteiger partial charge in [0.15, 0.2) is 11.6 Å². The summed E-state index contributed by atoms with van der Waals surface area (Å²) in [4.78, 5) is 0. The van der Waals surface area contributed by atoms with Gasteiger partial charge in [0, 0.05) is 17.7 Å². The number of hydrogen-bond donors (Lipinski definition) is 2. The van der Waals surface area contributed by atoms with E-state index < -0.39 is 23.4 Å². The highest BCUT2D eigenvalue weighted by Gasteiger charge is 2.19. The Bertz CT molecular complexity index is 326. The van der Waals surface area contributed by atoms with E-state index in [4.69, 9.17) is 10.8 Å². The second-order valence-electron chi connectivity index (χ2n) is 3.24. The van der Waals surface area contributed by atoms with Gasteiger partial charge in [0.1, 0.15) is 5.82 Å². The van der Waals surface area contributed by atoms with Crippen LogP contribution >= 0.6 is 0 Å². The molecule has 78 valence electrons. The van der Waals surface area contributed by atoms with Crippen molar-refractivity contribution in [3.05, 3.63) is 28.8 Å². The molecular weight excluding hydrogens is 188 g/mol. The summed E-state index contributed by atoms with van der Waals surface area (Å²) in [6, 6.07) is 0.174. The molecule has 0 amide bonds. The van der Waals surface area contributed by atoms with Crippen molar-refractivity contribution in [3.63, 3.8) is 0 Å². The normalized spacial score (nSPS) is 12.9. The van der Waals surface area contributed by atoms with Crippen molar-refractivity contribution < 1.29 is 13.9 Å². The van der Waals surface area contributed by atoms with E-state index in [9.17, 15) is 8.78 Å². The van der Waals surface area contributed by atoms with Crippen LogP contribution in [0.25, 0.3) is 0 Å². The maximum Gasteiger partial charge on any atom is 0.170 e. The molecule has 1 aromatic rings. The van der Waals surface area contributed by atoms with E-state index in [0.717, 1.165) is 6.07 Å². The lowest BCUT2D eigenvalue weighted by molar-refractivity contribution is 0.416. The van der Waals surface area contributed by atoms with Crippen LogP contribution in [0.15, 0.2) is 6.07 Å². The Balaban J connectivity index is 3.39. The Hall–Kier alpha value is -1.16. The largest absolute Gasteiger partial charge is 0.505 e. The third kappa shape index (κ3) is 1.70. The summed E-state index contributed by atoms with van der Waals surface area (Å²) in [6.07, 6.45) is 0.487. The molecule has 0 saturated carbocycles. The highest BCUT2D eigenvalue weighted by atomic mass is 19.1. The van der Waals surface area contributed by atoms with Gasteiger partial charge in [0.05, 0.1) is 0 Å². The van der Waals surface area contributed by atoms with E-state index >= 15 is 0 Å². The number of rotatable bonds is 2. The Morgan fingerprint density at radius 1 is 1.50 bits per heavy atom. The number of nitrogens with two attached hydrogens (primary N) is 1. The van der Waals surface area contributed by atoms with Gasteiger partial charge in [0.2, 0.25) is 0 Å². The molecule has 0 aliphatic heterocycles. The van der Waals surface area contributed by atoms with Crippen molar-refractivity contribution in [3.8, 4) is 5.75 Å². The van der Waals surface area contributed by atoms with Gasteiger partial charge in [0.25, 0.3) is 0 Å². The van der Waals surface area contributed by atoms with Crippen LogP contribution in [0.2, 0.25) is 0 Å². The molecule has 0 heterocycles. The zero-order chi connectivity index (χ0) is 10.9. The van der Waals surface area contributed by atoms with E-state index in [1.807, 2.05) is 0 Å². The first-order chi connectivity index (χ1) is 6.49. The van der Waals surface area contributed by atoms with Crippen LogP contribution in [0.3, 0.4) is 0 Å². The first kappa shape index (κ1) is 10.9. The third-order valence-electron chi connectivity index (χ3n) is 2.30. The van der Waals surface area contributed by atoms with Crippen LogP contribution in [0.4, 0.5) is 8.78 Å². The SMILES string of the molecule is CCC(N)c1c(C)c(F)cc(O)c1F. The fourth-order valence-corrected chi connectivity index (χ4v) is 1.37. The number of aromatic hydroxyl groups is 1. The summed E-state index contributed by atoms with van der Waals surface area (Å²) in [6.45, 7) is 3.22. The molecule has 0 aliphatic carbocycles. The van der Waals surface area contributed by atoms with Crippen LogP contribution in [0.5, 0.6) is 5.75 Å². The summed E-state index contributed by atoms with van der Waals surface area (Å²) >= 11 is 0. The van der Waals surface area contributed by atoms with E-state index in [1.54, 1.807) is 6.92 Å². The lowest BCUT2D eigenvalue weighted by Crippen LogP contribution is -2.13. The molecule has 0 saturated heterocycles. The molecule has 1 atom stereocenters. The van der Waals surface area contributed by atoms with Crippen molar-refractivity contribution >= 4 is 0 Å². The summed E-state index contributed by atoms with van der Waals surface area (Å²) in [5, 5.41) is 9.08. The number of benzene rings is 1. The van der Waals surface area contributed by atoms with Gasteiger partial charge in [-0.25, -0.2) is 8.78 Å². The molecule has 0 aliphatic rings. The van der Waals surface area contributed by atoms with Crippen molar-refractivity contribution in [2.45, 2.75) is 26.3 Å². The van der Waals surface area contributed by atoms with E-state index in [2.05, 4.69) is 0 Å². The zero-order valence-electron chi connectivity index (χ0n) is 8.14. The smallest absolute Gasteiger partial charge is 0.170 e. The standard InChI is InChI=1S/C10H13F2NO/c1-3-7(13)9-5(2)6(11)4-8(14)10(9)12/h4,7,14H,3,13H2,1-2H3. The fraction of sp³-hybridized carbons (Fsp3) is 0.400. The molecule has 2 nitrogen and oxygen atoms in total. The summed E-state index contributed by atoms with van der Waals surface area (Å²) in [5.74, 6) is -2.15.